The van der Waals surface area contributed by atoms with Crippen LogP contribution in [0.25, 0.3) is 0 Å². The van der Waals surface area contributed by atoms with Crippen LogP contribution in [0.2, 0.25) is 5.15 Å². The summed E-state index contributed by atoms with van der Waals surface area (Å²) in [5.74, 6) is 1.55. The summed E-state index contributed by atoms with van der Waals surface area (Å²) < 4.78 is 22.2. The number of nitrogens with zero attached hydrogens (tertiary/aromatic N) is 3. The Morgan fingerprint density at radius 2 is 2.00 bits per heavy atom. The summed E-state index contributed by atoms with van der Waals surface area (Å²) in [4.78, 5) is 10.3. The lowest BCUT2D eigenvalue weighted by atomic mass is 10.2. The van der Waals surface area contributed by atoms with Crippen LogP contribution in [-0.2, 0) is 9.84 Å². The van der Waals surface area contributed by atoms with E-state index in [1.54, 1.807) is 18.0 Å². The van der Waals surface area contributed by atoms with Crippen molar-refractivity contribution in [2.45, 2.75) is 19.8 Å². The Balaban J connectivity index is 2.88. The third kappa shape index (κ3) is 4.78. The minimum atomic E-state index is -2.98. The highest BCUT2D eigenvalue weighted by molar-refractivity contribution is 7.90. The molecule has 1 aromatic rings. The molecule has 0 fully saturated rings. The van der Waals surface area contributed by atoms with Gasteiger partial charge in [-0.2, -0.15) is 0 Å². The van der Waals surface area contributed by atoms with Crippen molar-refractivity contribution in [2.24, 2.45) is 0 Å². The fourth-order valence-electron chi connectivity index (χ4n) is 1.29. The van der Waals surface area contributed by atoms with Crippen molar-refractivity contribution in [1.82, 2.24) is 9.97 Å². The number of hydrogen-bond donors (Lipinski definition) is 0. The molecule has 18 heavy (non-hydrogen) atoms. The van der Waals surface area contributed by atoms with Gasteiger partial charge in [-0.05, 0) is 0 Å². The second kappa shape index (κ2) is 5.84. The Kier molecular flexibility index (Phi) is 4.92. The number of hydrogen-bond acceptors (Lipinski definition) is 5. The van der Waals surface area contributed by atoms with Gasteiger partial charge >= 0.3 is 0 Å². The molecule has 5 nitrogen and oxygen atoms in total. The first-order valence-corrected chi connectivity index (χ1v) is 8.06. The Hall–Kier alpha value is -0.880. The number of anilines is 1. The van der Waals surface area contributed by atoms with Gasteiger partial charge in [-0.1, -0.05) is 25.4 Å². The average Bonchev–Trinajstić information content (AvgIpc) is 2.23. The maximum Gasteiger partial charge on any atom is 0.149 e. The second-order valence-corrected chi connectivity index (χ2v) is 7.26. The van der Waals surface area contributed by atoms with Gasteiger partial charge in [0.15, 0.2) is 0 Å². The number of halogens is 1. The smallest absolute Gasteiger partial charge is 0.149 e. The highest BCUT2D eigenvalue weighted by atomic mass is 35.5. The molecule has 0 bridgehead atoms. The molecule has 0 radical (unpaired) electrons. The van der Waals surface area contributed by atoms with Crippen LogP contribution < -0.4 is 4.90 Å². The van der Waals surface area contributed by atoms with Crippen LogP contribution in [0.4, 0.5) is 5.82 Å². The van der Waals surface area contributed by atoms with E-state index in [0.29, 0.717) is 23.3 Å². The summed E-state index contributed by atoms with van der Waals surface area (Å²) in [5, 5.41) is 0.370. The molecule has 0 aliphatic rings. The first-order valence-electron chi connectivity index (χ1n) is 5.62. The Labute approximate surface area is 113 Å². The van der Waals surface area contributed by atoms with Gasteiger partial charge < -0.3 is 4.90 Å². The lowest BCUT2D eigenvalue weighted by Crippen LogP contribution is -2.26. The number of sulfone groups is 1. The van der Waals surface area contributed by atoms with Crippen molar-refractivity contribution in [3.8, 4) is 0 Å². The third-order valence-corrected chi connectivity index (χ3v) is 3.52. The van der Waals surface area contributed by atoms with Crippen LogP contribution in [0.1, 0.15) is 25.6 Å². The second-order valence-electron chi connectivity index (χ2n) is 4.61. The molecular weight excluding hydrogens is 274 g/mol. The maximum absolute atomic E-state index is 11.1. The predicted molar refractivity (Wildman–Crippen MR) is 74.1 cm³/mol. The maximum atomic E-state index is 11.1. The molecule has 7 heteroatoms. The minimum absolute atomic E-state index is 0.0855. The molecule has 0 aromatic carbocycles. The first kappa shape index (κ1) is 15.2. The van der Waals surface area contributed by atoms with Gasteiger partial charge in [-0.15, -0.1) is 0 Å². The quantitative estimate of drug-likeness (QED) is 0.773. The summed E-state index contributed by atoms with van der Waals surface area (Å²) in [6, 6.07) is 1.63. The van der Waals surface area contributed by atoms with Crippen LogP contribution in [0.5, 0.6) is 0 Å². The van der Waals surface area contributed by atoms with Gasteiger partial charge in [0, 0.05) is 31.8 Å². The molecule has 0 N–H and O–H groups in total. The van der Waals surface area contributed by atoms with E-state index in [-0.39, 0.29) is 11.7 Å². The fraction of sp³-hybridized carbons (Fsp3) is 0.636. The fourth-order valence-corrected chi connectivity index (χ4v) is 2.08. The monoisotopic (exact) mass is 291 g/mol. The predicted octanol–water partition coefficient (Wildman–Crippen LogP) is 1.73. The molecule has 0 saturated heterocycles. The average molecular weight is 292 g/mol. The van der Waals surface area contributed by atoms with E-state index < -0.39 is 9.84 Å². The van der Waals surface area contributed by atoms with Gasteiger partial charge in [0.05, 0.1) is 5.75 Å². The van der Waals surface area contributed by atoms with E-state index in [4.69, 9.17) is 11.6 Å². The molecule has 1 aromatic heterocycles. The summed E-state index contributed by atoms with van der Waals surface area (Å²) in [6.07, 6.45) is 1.22. The molecular formula is C11H18ClN3O2S. The summed E-state index contributed by atoms with van der Waals surface area (Å²) in [7, 11) is -1.20. The van der Waals surface area contributed by atoms with Gasteiger partial charge in [-0.25, -0.2) is 18.4 Å². The van der Waals surface area contributed by atoms with Crippen molar-refractivity contribution in [3.05, 3.63) is 17.0 Å². The summed E-state index contributed by atoms with van der Waals surface area (Å²) >= 11 is 5.93. The lowest BCUT2D eigenvalue weighted by molar-refractivity contribution is 0.601. The van der Waals surface area contributed by atoms with Gasteiger partial charge in [0.1, 0.15) is 26.6 Å². The molecule has 0 amide bonds. The molecule has 0 aliphatic carbocycles. The lowest BCUT2D eigenvalue weighted by Gasteiger charge is -2.18. The van der Waals surface area contributed by atoms with Crippen LogP contribution >= 0.6 is 11.6 Å². The van der Waals surface area contributed by atoms with Gasteiger partial charge in [-0.3, -0.25) is 0 Å². The van der Waals surface area contributed by atoms with E-state index in [0.717, 1.165) is 0 Å². The zero-order valence-electron chi connectivity index (χ0n) is 11.0. The van der Waals surface area contributed by atoms with Crippen molar-refractivity contribution in [1.29, 1.82) is 0 Å². The van der Waals surface area contributed by atoms with Crippen LogP contribution in [0, 0.1) is 0 Å². The van der Waals surface area contributed by atoms with E-state index in [1.165, 1.54) is 6.26 Å². The highest BCUT2D eigenvalue weighted by Gasteiger charge is 2.11. The Morgan fingerprint density at radius 3 is 2.50 bits per heavy atom. The van der Waals surface area contributed by atoms with Gasteiger partial charge in [0.2, 0.25) is 0 Å². The molecule has 0 aliphatic heterocycles. The Morgan fingerprint density at radius 1 is 1.39 bits per heavy atom. The van der Waals surface area contributed by atoms with Crippen LogP contribution in [-0.4, -0.2) is 44.0 Å². The molecule has 0 atom stereocenters. The molecule has 1 rings (SSSR count). The normalized spacial score (nSPS) is 11.9. The minimum Gasteiger partial charge on any atom is -0.359 e. The van der Waals surface area contributed by atoms with E-state index in [9.17, 15) is 8.42 Å². The van der Waals surface area contributed by atoms with Crippen molar-refractivity contribution in [2.75, 3.05) is 30.5 Å². The van der Waals surface area contributed by atoms with E-state index >= 15 is 0 Å². The number of rotatable bonds is 5. The van der Waals surface area contributed by atoms with Crippen molar-refractivity contribution in [3.63, 3.8) is 0 Å². The molecule has 0 saturated carbocycles. The summed E-state index contributed by atoms with van der Waals surface area (Å²) in [6.45, 7) is 4.33. The third-order valence-electron chi connectivity index (χ3n) is 2.40. The molecule has 102 valence electrons. The Bertz CT molecular complexity index is 517. The van der Waals surface area contributed by atoms with E-state index in [2.05, 4.69) is 9.97 Å². The standard InChI is InChI=1S/C11H18ClN3O2S/c1-8(2)11-13-9(12)7-10(14-11)15(3)5-6-18(4,16)17/h7-8H,5-6H2,1-4H3. The van der Waals surface area contributed by atoms with Crippen LogP contribution in [0.3, 0.4) is 0 Å². The van der Waals surface area contributed by atoms with E-state index in [1.807, 2.05) is 13.8 Å². The molecule has 0 spiro atoms. The zero-order valence-corrected chi connectivity index (χ0v) is 12.6. The highest BCUT2D eigenvalue weighted by Crippen LogP contribution is 2.19. The van der Waals surface area contributed by atoms with Crippen molar-refractivity contribution < 1.29 is 8.42 Å². The SMILES string of the molecule is CC(C)c1nc(Cl)cc(N(C)CCS(C)(=O)=O)n1. The zero-order chi connectivity index (χ0) is 13.9. The van der Waals surface area contributed by atoms with Crippen LogP contribution in [0.15, 0.2) is 6.07 Å². The largest absolute Gasteiger partial charge is 0.359 e. The summed E-state index contributed by atoms with van der Waals surface area (Å²) in [5.41, 5.74) is 0. The molecule has 0 unspecified atom stereocenters. The first-order chi connectivity index (χ1) is 8.19. The van der Waals surface area contributed by atoms with Crippen molar-refractivity contribution >= 4 is 27.3 Å². The molecule has 1 heterocycles. The topological polar surface area (TPSA) is 63.2 Å². The number of aromatic nitrogens is 2. The van der Waals surface area contributed by atoms with Gasteiger partial charge in [0.25, 0.3) is 0 Å².